The lowest BCUT2D eigenvalue weighted by Gasteiger charge is -2.39. The third kappa shape index (κ3) is 5.01. The van der Waals surface area contributed by atoms with Crippen LogP contribution in [0, 0.1) is 6.92 Å². The molecule has 0 saturated carbocycles. The number of piperazine rings is 1. The fourth-order valence-corrected chi connectivity index (χ4v) is 6.40. The average Bonchev–Trinajstić information content (AvgIpc) is 3.66. The number of aromatic nitrogens is 1. The lowest BCUT2D eigenvalue weighted by molar-refractivity contribution is 0.209. The third-order valence-corrected chi connectivity index (χ3v) is 8.76. The zero-order valence-electron chi connectivity index (χ0n) is 21.6. The van der Waals surface area contributed by atoms with Crippen LogP contribution in [0.3, 0.4) is 0 Å². The van der Waals surface area contributed by atoms with Gasteiger partial charge in [-0.25, -0.2) is 8.42 Å². The Labute approximate surface area is 228 Å². The second-order valence-corrected chi connectivity index (χ2v) is 11.5. The summed E-state index contributed by atoms with van der Waals surface area (Å²) in [5, 5.41) is -0.0890. The van der Waals surface area contributed by atoms with Crippen LogP contribution in [0.25, 0.3) is 11.7 Å². The van der Waals surface area contributed by atoms with Crippen molar-refractivity contribution in [3.8, 4) is 11.7 Å². The highest BCUT2D eigenvalue weighted by Gasteiger charge is 2.34. The van der Waals surface area contributed by atoms with Crippen LogP contribution < -0.4 is 4.90 Å². The first-order valence-electron chi connectivity index (χ1n) is 13.0. The summed E-state index contributed by atoms with van der Waals surface area (Å²) in [6, 6.07) is 31.2. The van der Waals surface area contributed by atoms with Gasteiger partial charge in [0.05, 0.1) is 17.2 Å². The van der Waals surface area contributed by atoms with E-state index in [1.165, 1.54) is 17.4 Å². The first kappa shape index (κ1) is 25.2. The number of anilines is 1. The number of rotatable bonds is 7. The van der Waals surface area contributed by atoms with Crippen LogP contribution in [0.4, 0.5) is 5.88 Å². The molecule has 0 amide bonds. The highest BCUT2D eigenvalue weighted by Crippen LogP contribution is 2.37. The van der Waals surface area contributed by atoms with Crippen molar-refractivity contribution in [1.29, 1.82) is 0 Å². The second-order valence-electron chi connectivity index (χ2n) is 9.67. The van der Waals surface area contributed by atoms with Crippen molar-refractivity contribution >= 4 is 15.7 Å². The predicted octanol–water partition coefficient (Wildman–Crippen LogP) is 5.99. The molecule has 0 atom stereocenters. The van der Waals surface area contributed by atoms with Gasteiger partial charge in [-0.2, -0.15) is 4.98 Å². The van der Waals surface area contributed by atoms with E-state index in [0.29, 0.717) is 18.8 Å². The monoisotopic (exact) mass is 539 g/mol. The fourth-order valence-electron chi connectivity index (χ4n) is 5.08. The first-order valence-corrected chi connectivity index (χ1v) is 14.4. The number of sulfone groups is 1. The quantitative estimate of drug-likeness (QED) is 0.251. The summed E-state index contributed by atoms with van der Waals surface area (Å²) in [6.07, 6.45) is 1.51. The highest BCUT2D eigenvalue weighted by molar-refractivity contribution is 7.91. The van der Waals surface area contributed by atoms with Crippen molar-refractivity contribution in [1.82, 2.24) is 9.88 Å². The summed E-state index contributed by atoms with van der Waals surface area (Å²) in [5.41, 5.74) is 3.42. The van der Waals surface area contributed by atoms with Crippen LogP contribution in [0.1, 0.15) is 22.7 Å². The van der Waals surface area contributed by atoms with Crippen LogP contribution in [0.15, 0.2) is 122 Å². The van der Waals surface area contributed by atoms with Crippen molar-refractivity contribution < 1.29 is 17.3 Å². The van der Waals surface area contributed by atoms with Crippen molar-refractivity contribution in [2.45, 2.75) is 22.9 Å². The lowest BCUT2D eigenvalue weighted by Crippen LogP contribution is -2.48. The van der Waals surface area contributed by atoms with E-state index in [1.54, 1.807) is 36.4 Å². The summed E-state index contributed by atoms with van der Waals surface area (Å²) in [6.45, 7) is 4.52. The van der Waals surface area contributed by atoms with E-state index < -0.39 is 9.84 Å². The van der Waals surface area contributed by atoms with Crippen LogP contribution in [-0.2, 0) is 9.84 Å². The van der Waals surface area contributed by atoms with Gasteiger partial charge in [0.25, 0.3) is 5.89 Å². The number of furan rings is 1. The van der Waals surface area contributed by atoms with E-state index in [-0.39, 0.29) is 27.7 Å². The van der Waals surface area contributed by atoms with E-state index in [9.17, 15) is 8.42 Å². The van der Waals surface area contributed by atoms with Crippen LogP contribution in [0.5, 0.6) is 0 Å². The molecule has 1 fully saturated rings. The number of nitrogens with zero attached hydrogens (tertiary/aromatic N) is 3. The topological polar surface area (TPSA) is 79.8 Å². The molecule has 198 valence electrons. The van der Waals surface area contributed by atoms with E-state index in [2.05, 4.69) is 58.4 Å². The summed E-state index contributed by atoms with van der Waals surface area (Å²) in [4.78, 5) is 9.03. The van der Waals surface area contributed by atoms with Crippen molar-refractivity contribution in [2.24, 2.45) is 0 Å². The van der Waals surface area contributed by atoms with E-state index in [0.717, 1.165) is 18.7 Å². The van der Waals surface area contributed by atoms with Gasteiger partial charge in [-0.05, 0) is 42.3 Å². The number of oxazole rings is 1. The van der Waals surface area contributed by atoms with Crippen molar-refractivity contribution in [3.05, 3.63) is 120 Å². The largest absolute Gasteiger partial charge is 0.459 e. The Morgan fingerprint density at radius 3 is 1.95 bits per heavy atom. The lowest BCUT2D eigenvalue weighted by atomic mass is 9.96. The molecule has 2 aromatic heterocycles. The number of hydrogen-bond donors (Lipinski definition) is 0. The normalized spacial score (nSPS) is 14.7. The Balaban J connectivity index is 1.32. The fraction of sp³-hybridized carbons (Fsp3) is 0.194. The number of hydrogen-bond acceptors (Lipinski definition) is 7. The highest BCUT2D eigenvalue weighted by atomic mass is 32.2. The molecule has 1 saturated heterocycles. The minimum absolute atomic E-state index is 0.0890. The van der Waals surface area contributed by atoms with Gasteiger partial charge in [-0.1, -0.05) is 78.4 Å². The molecule has 39 heavy (non-hydrogen) atoms. The molecule has 0 N–H and O–H groups in total. The van der Waals surface area contributed by atoms with E-state index in [1.807, 2.05) is 24.0 Å². The molecule has 3 aromatic carbocycles. The molecule has 0 bridgehead atoms. The van der Waals surface area contributed by atoms with Crippen molar-refractivity contribution in [3.63, 3.8) is 0 Å². The van der Waals surface area contributed by atoms with Gasteiger partial charge in [0.15, 0.2) is 5.76 Å². The zero-order valence-corrected chi connectivity index (χ0v) is 22.4. The van der Waals surface area contributed by atoms with Gasteiger partial charge < -0.3 is 13.7 Å². The van der Waals surface area contributed by atoms with E-state index >= 15 is 0 Å². The molecule has 6 rings (SSSR count). The summed E-state index contributed by atoms with van der Waals surface area (Å²) >= 11 is 0. The maximum atomic E-state index is 13.7. The van der Waals surface area contributed by atoms with Gasteiger partial charge in [0, 0.05) is 26.2 Å². The third-order valence-electron chi connectivity index (χ3n) is 7.09. The predicted molar refractivity (Wildman–Crippen MR) is 149 cm³/mol. The average molecular weight is 540 g/mol. The first-order chi connectivity index (χ1) is 19.0. The molecule has 0 spiro atoms. The molecule has 1 aliphatic rings. The molecule has 8 heteroatoms. The minimum Gasteiger partial charge on any atom is -0.459 e. The van der Waals surface area contributed by atoms with Crippen LogP contribution in [0.2, 0.25) is 0 Å². The minimum atomic E-state index is -3.92. The van der Waals surface area contributed by atoms with Crippen LogP contribution >= 0.6 is 0 Å². The summed E-state index contributed by atoms with van der Waals surface area (Å²) in [7, 11) is -3.92. The maximum absolute atomic E-state index is 13.7. The standard InChI is InChI=1S/C31H29N3O4S/c1-23-14-16-26(17-15-23)39(35,36)30-31(38-29(32-30)27-13-8-22-37-27)34-20-18-33(19-21-34)28(24-9-4-2-5-10-24)25-11-6-3-7-12-25/h2-17,22,28H,18-21H2,1H3. The maximum Gasteiger partial charge on any atom is 0.266 e. The second kappa shape index (κ2) is 10.6. The number of aryl methyl sites for hydroxylation is 1. The number of benzene rings is 3. The molecule has 5 aromatic rings. The Kier molecular flexibility index (Phi) is 6.81. The Bertz CT molecular complexity index is 1580. The van der Waals surface area contributed by atoms with Gasteiger partial charge in [0.2, 0.25) is 20.7 Å². The molecular weight excluding hydrogens is 510 g/mol. The Morgan fingerprint density at radius 2 is 1.38 bits per heavy atom. The van der Waals surface area contributed by atoms with Gasteiger partial charge in [0.1, 0.15) is 0 Å². The summed E-state index contributed by atoms with van der Waals surface area (Å²) < 4.78 is 39.1. The SMILES string of the molecule is Cc1ccc(S(=O)(=O)c2nc(-c3ccco3)oc2N2CCN(C(c3ccccc3)c3ccccc3)CC2)cc1. The molecule has 7 nitrogen and oxygen atoms in total. The summed E-state index contributed by atoms with van der Waals surface area (Å²) in [5.74, 6) is 0.778. The molecule has 0 radical (unpaired) electrons. The van der Waals surface area contributed by atoms with Crippen molar-refractivity contribution in [2.75, 3.05) is 31.1 Å². The molecule has 3 heterocycles. The molecule has 0 unspecified atom stereocenters. The van der Waals surface area contributed by atoms with Crippen LogP contribution in [-0.4, -0.2) is 44.5 Å². The van der Waals surface area contributed by atoms with E-state index in [4.69, 9.17) is 8.83 Å². The molecular formula is C31H29N3O4S. The zero-order chi connectivity index (χ0) is 26.8. The van der Waals surface area contributed by atoms with Gasteiger partial charge >= 0.3 is 0 Å². The molecule has 1 aliphatic heterocycles. The smallest absolute Gasteiger partial charge is 0.266 e. The Morgan fingerprint density at radius 1 is 0.769 bits per heavy atom. The molecule has 0 aliphatic carbocycles. The van der Waals surface area contributed by atoms with Gasteiger partial charge in [-0.3, -0.25) is 4.90 Å². The Hall–Kier alpha value is -4.14. The van der Waals surface area contributed by atoms with Gasteiger partial charge in [-0.15, -0.1) is 0 Å².